The highest BCUT2D eigenvalue weighted by molar-refractivity contribution is 7.89. The molecule has 104 valence electrons. The van der Waals surface area contributed by atoms with E-state index in [1.807, 2.05) is 20.8 Å². The molecule has 0 heterocycles. The lowest BCUT2D eigenvalue weighted by atomic mass is 9.91. The first kappa shape index (κ1) is 15.6. The summed E-state index contributed by atoms with van der Waals surface area (Å²) in [4.78, 5) is -0.0997. The molecule has 0 saturated heterocycles. The number of nitriles is 1. The van der Waals surface area contributed by atoms with E-state index < -0.39 is 15.8 Å². The lowest BCUT2D eigenvalue weighted by molar-refractivity contribution is 0.350. The van der Waals surface area contributed by atoms with Gasteiger partial charge >= 0.3 is 0 Å². The Morgan fingerprint density at radius 1 is 1.42 bits per heavy atom. The molecule has 0 bridgehead atoms. The Kier molecular flexibility index (Phi) is 4.66. The van der Waals surface area contributed by atoms with Crippen LogP contribution < -0.4 is 4.72 Å². The molecule has 0 aromatic heterocycles. The fraction of sp³-hybridized carbons (Fsp3) is 0.462. The summed E-state index contributed by atoms with van der Waals surface area (Å²) in [5, 5.41) is 8.70. The predicted octanol–water partition coefficient (Wildman–Crippen LogP) is 2.41. The minimum atomic E-state index is -3.72. The Hall–Kier alpha value is -1.45. The first-order chi connectivity index (χ1) is 8.72. The van der Waals surface area contributed by atoms with Crippen LogP contribution >= 0.6 is 0 Å². The second-order valence-electron chi connectivity index (χ2n) is 5.10. The van der Waals surface area contributed by atoms with Crippen LogP contribution in [0.2, 0.25) is 0 Å². The number of hydrogen-bond acceptors (Lipinski definition) is 3. The second-order valence-corrected chi connectivity index (χ2v) is 6.86. The van der Waals surface area contributed by atoms with Gasteiger partial charge in [0.25, 0.3) is 0 Å². The number of nitrogens with zero attached hydrogens (tertiary/aromatic N) is 1. The summed E-state index contributed by atoms with van der Waals surface area (Å²) in [6.07, 6.45) is 0.822. The molecule has 0 unspecified atom stereocenters. The van der Waals surface area contributed by atoms with Gasteiger partial charge in [-0.1, -0.05) is 20.8 Å². The number of halogens is 1. The highest BCUT2D eigenvalue weighted by Crippen LogP contribution is 2.20. The van der Waals surface area contributed by atoms with E-state index in [0.717, 1.165) is 24.6 Å². The number of nitrogens with one attached hydrogen (secondary N) is 1. The molecular weight excluding hydrogens is 267 g/mol. The van der Waals surface area contributed by atoms with Crippen LogP contribution in [0.4, 0.5) is 4.39 Å². The van der Waals surface area contributed by atoms with Crippen LogP contribution in [0.3, 0.4) is 0 Å². The van der Waals surface area contributed by atoms with E-state index in [9.17, 15) is 12.8 Å². The van der Waals surface area contributed by atoms with Gasteiger partial charge in [-0.3, -0.25) is 0 Å². The summed E-state index contributed by atoms with van der Waals surface area (Å²) in [5.41, 5.74) is -0.442. The summed E-state index contributed by atoms with van der Waals surface area (Å²) in [6, 6.07) is 4.80. The van der Waals surface area contributed by atoms with Gasteiger partial charge in [-0.05, 0) is 30.0 Å². The van der Waals surface area contributed by atoms with E-state index in [1.54, 1.807) is 6.07 Å². The average molecular weight is 284 g/mol. The molecule has 4 nitrogen and oxygen atoms in total. The molecule has 0 radical (unpaired) electrons. The Balaban J connectivity index is 2.99. The number of sulfonamides is 1. The monoisotopic (exact) mass is 284 g/mol. The van der Waals surface area contributed by atoms with Crippen molar-refractivity contribution in [2.75, 3.05) is 6.54 Å². The minimum Gasteiger partial charge on any atom is -0.211 e. The van der Waals surface area contributed by atoms with Crippen molar-refractivity contribution in [3.8, 4) is 6.07 Å². The molecular formula is C13H17FN2O2S. The van der Waals surface area contributed by atoms with Gasteiger partial charge in [0, 0.05) is 6.54 Å². The molecule has 0 aliphatic carbocycles. The predicted molar refractivity (Wildman–Crippen MR) is 70.4 cm³/mol. The fourth-order valence-corrected chi connectivity index (χ4v) is 2.52. The second kappa shape index (κ2) is 5.68. The summed E-state index contributed by atoms with van der Waals surface area (Å²) >= 11 is 0. The van der Waals surface area contributed by atoms with Crippen LogP contribution in [0.1, 0.15) is 32.8 Å². The maximum absolute atomic E-state index is 13.2. The van der Waals surface area contributed by atoms with E-state index in [0.29, 0.717) is 0 Å². The standard InChI is InChI=1S/C13H17FN2O2S/c1-4-13(2,3)9-16-19(17,18)11-5-6-12(14)10(7-11)8-15/h5-7,16H,4,9H2,1-3H3. The zero-order valence-corrected chi connectivity index (χ0v) is 12.0. The van der Waals surface area contributed by atoms with Crippen LogP contribution in [0.5, 0.6) is 0 Å². The van der Waals surface area contributed by atoms with Gasteiger partial charge in [0.05, 0.1) is 10.5 Å². The van der Waals surface area contributed by atoms with Crippen molar-refractivity contribution in [2.24, 2.45) is 5.41 Å². The molecule has 0 spiro atoms. The van der Waals surface area contributed by atoms with E-state index >= 15 is 0 Å². The molecule has 0 atom stereocenters. The number of benzene rings is 1. The Labute approximate surface area is 113 Å². The molecule has 0 fully saturated rings. The van der Waals surface area contributed by atoms with Gasteiger partial charge in [-0.2, -0.15) is 5.26 Å². The van der Waals surface area contributed by atoms with E-state index in [-0.39, 0.29) is 22.4 Å². The normalized spacial score (nSPS) is 12.2. The van der Waals surface area contributed by atoms with Crippen molar-refractivity contribution in [1.82, 2.24) is 4.72 Å². The van der Waals surface area contributed by atoms with E-state index in [2.05, 4.69) is 4.72 Å². The molecule has 6 heteroatoms. The first-order valence-corrected chi connectivity index (χ1v) is 7.39. The lowest BCUT2D eigenvalue weighted by Gasteiger charge is -2.22. The highest BCUT2D eigenvalue weighted by Gasteiger charge is 2.21. The van der Waals surface area contributed by atoms with Crippen LogP contribution in [-0.2, 0) is 10.0 Å². The third-order valence-electron chi connectivity index (χ3n) is 3.07. The van der Waals surface area contributed by atoms with Crippen molar-refractivity contribution in [3.05, 3.63) is 29.6 Å². The summed E-state index contributed by atoms with van der Waals surface area (Å²) in [5.74, 6) is -0.727. The van der Waals surface area contributed by atoms with Gasteiger partial charge in [0.2, 0.25) is 10.0 Å². The van der Waals surface area contributed by atoms with E-state index in [1.165, 1.54) is 0 Å². The largest absolute Gasteiger partial charge is 0.240 e. The molecule has 1 N–H and O–H groups in total. The molecule has 0 aliphatic heterocycles. The molecule has 19 heavy (non-hydrogen) atoms. The van der Waals surface area contributed by atoms with E-state index in [4.69, 9.17) is 5.26 Å². The first-order valence-electron chi connectivity index (χ1n) is 5.91. The van der Waals surface area contributed by atoms with Gasteiger partial charge < -0.3 is 0 Å². The maximum atomic E-state index is 13.2. The lowest BCUT2D eigenvalue weighted by Crippen LogP contribution is -2.33. The molecule has 0 saturated carbocycles. The fourth-order valence-electron chi connectivity index (χ4n) is 1.26. The zero-order chi connectivity index (χ0) is 14.7. The SMILES string of the molecule is CCC(C)(C)CNS(=O)(=O)c1ccc(F)c(C#N)c1. The molecule has 1 aromatic carbocycles. The molecule has 0 amide bonds. The summed E-state index contributed by atoms with van der Waals surface area (Å²) in [7, 11) is -3.72. The summed E-state index contributed by atoms with van der Waals surface area (Å²) < 4.78 is 39.7. The van der Waals surface area contributed by atoms with Crippen LogP contribution in [0, 0.1) is 22.6 Å². The Bertz CT molecular complexity index is 604. The third-order valence-corrected chi connectivity index (χ3v) is 4.47. The van der Waals surface area contributed by atoms with Crippen molar-refractivity contribution in [1.29, 1.82) is 5.26 Å². The Morgan fingerprint density at radius 3 is 2.58 bits per heavy atom. The third kappa shape index (κ3) is 4.01. The molecule has 1 aromatic rings. The van der Waals surface area contributed by atoms with Crippen molar-refractivity contribution in [2.45, 2.75) is 32.1 Å². The van der Waals surface area contributed by atoms with Gasteiger partial charge in [-0.25, -0.2) is 17.5 Å². The topological polar surface area (TPSA) is 70.0 Å². The molecule has 0 aliphatic rings. The average Bonchev–Trinajstić information content (AvgIpc) is 2.37. The Morgan fingerprint density at radius 2 is 2.05 bits per heavy atom. The van der Waals surface area contributed by atoms with Gasteiger partial charge in [0.15, 0.2) is 0 Å². The van der Waals surface area contributed by atoms with Crippen molar-refractivity contribution in [3.63, 3.8) is 0 Å². The van der Waals surface area contributed by atoms with Gasteiger partial charge in [-0.15, -0.1) is 0 Å². The zero-order valence-electron chi connectivity index (χ0n) is 11.2. The van der Waals surface area contributed by atoms with Crippen LogP contribution in [-0.4, -0.2) is 15.0 Å². The molecule has 1 rings (SSSR count). The van der Waals surface area contributed by atoms with Crippen molar-refractivity contribution >= 4 is 10.0 Å². The number of hydrogen-bond donors (Lipinski definition) is 1. The number of rotatable bonds is 5. The minimum absolute atomic E-state index is 0.0997. The van der Waals surface area contributed by atoms with Crippen LogP contribution in [0.25, 0.3) is 0 Å². The quantitative estimate of drug-likeness (QED) is 0.902. The maximum Gasteiger partial charge on any atom is 0.240 e. The van der Waals surface area contributed by atoms with Crippen LogP contribution in [0.15, 0.2) is 23.1 Å². The smallest absolute Gasteiger partial charge is 0.211 e. The summed E-state index contributed by atoms with van der Waals surface area (Å²) in [6.45, 7) is 6.15. The van der Waals surface area contributed by atoms with Crippen molar-refractivity contribution < 1.29 is 12.8 Å². The van der Waals surface area contributed by atoms with Gasteiger partial charge in [0.1, 0.15) is 11.9 Å². The highest BCUT2D eigenvalue weighted by atomic mass is 32.2.